The van der Waals surface area contributed by atoms with E-state index >= 15 is 0 Å². The Labute approximate surface area is 133 Å². The van der Waals surface area contributed by atoms with Gasteiger partial charge in [-0.1, -0.05) is 5.16 Å². The van der Waals surface area contributed by atoms with Gasteiger partial charge in [0.2, 0.25) is 0 Å². The average Bonchev–Trinajstić information content (AvgIpc) is 2.80. The third-order valence-electron chi connectivity index (χ3n) is 3.56. The molecule has 8 heteroatoms. The molecular weight excluding hydrogens is 316 g/mol. The van der Waals surface area contributed by atoms with E-state index < -0.39 is 10.0 Å². The van der Waals surface area contributed by atoms with E-state index in [4.69, 9.17) is 4.52 Å². The van der Waals surface area contributed by atoms with E-state index in [1.165, 1.54) is 0 Å². The minimum atomic E-state index is -3.77. The molecular formula is C15H16N4O3S. The third kappa shape index (κ3) is 2.77. The van der Waals surface area contributed by atoms with Crippen molar-refractivity contribution in [3.8, 4) is 0 Å². The maximum atomic E-state index is 12.5. The van der Waals surface area contributed by atoms with Crippen LogP contribution in [0.1, 0.15) is 22.8 Å². The number of nitrogens with one attached hydrogen (secondary N) is 1. The third-order valence-corrected chi connectivity index (χ3v) is 5.19. The number of hydrogen-bond acceptors (Lipinski definition) is 6. The first-order valence-electron chi connectivity index (χ1n) is 6.98. The second-order valence-electron chi connectivity index (χ2n) is 5.36. The summed E-state index contributed by atoms with van der Waals surface area (Å²) in [4.78, 5) is 8.92. The fourth-order valence-corrected chi connectivity index (χ4v) is 3.74. The van der Waals surface area contributed by atoms with Crippen molar-refractivity contribution in [1.82, 2.24) is 15.1 Å². The van der Waals surface area contributed by atoms with Crippen molar-refractivity contribution in [1.29, 1.82) is 0 Å². The summed E-state index contributed by atoms with van der Waals surface area (Å²) in [6.45, 7) is 6.90. The minimum Gasteiger partial charge on any atom is -0.360 e. The van der Waals surface area contributed by atoms with E-state index in [2.05, 4.69) is 19.8 Å². The van der Waals surface area contributed by atoms with E-state index in [1.807, 2.05) is 13.8 Å². The Morgan fingerprint density at radius 3 is 2.22 bits per heavy atom. The van der Waals surface area contributed by atoms with Crippen LogP contribution >= 0.6 is 0 Å². The first-order chi connectivity index (χ1) is 10.8. The molecule has 0 unspecified atom stereocenters. The molecule has 0 saturated heterocycles. The fourth-order valence-electron chi connectivity index (χ4n) is 2.36. The van der Waals surface area contributed by atoms with E-state index in [0.29, 0.717) is 22.4 Å². The molecule has 0 saturated carbocycles. The topological polar surface area (TPSA) is 98.0 Å². The number of fused-ring (bicyclic) bond motifs is 1. The van der Waals surface area contributed by atoms with Crippen molar-refractivity contribution in [3.05, 3.63) is 41.0 Å². The number of aryl methyl sites for hydroxylation is 4. The molecule has 3 aromatic rings. The van der Waals surface area contributed by atoms with Crippen LogP contribution in [0.25, 0.3) is 11.0 Å². The molecule has 0 aliphatic heterocycles. The van der Waals surface area contributed by atoms with Crippen LogP contribution in [0.3, 0.4) is 0 Å². The normalized spacial score (nSPS) is 11.8. The summed E-state index contributed by atoms with van der Waals surface area (Å²) < 4.78 is 32.5. The first-order valence-corrected chi connectivity index (χ1v) is 8.47. The number of rotatable bonds is 3. The summed E-state index contributed by atoms with van der Waals surface area (Å²) in [7, 11) is -3.77. The Hall–Kier alpha value is -2.48. The second kappa shape index (κ2) is 5.31. The molecule has 2 aromatic heterocycles. The number of benzene rings is 1. The smallest absolute Gasteiger partial charge is 0.267 e. The molecule has 2 heterocycles. The monoisotopic (exact) mass is 332 g/mol. The van der Waals surface area contributed by atoms with Gasteiger partial charge in [-0.05, 0) is 45.9 Å². The molecule has 0 fully saturated rings. The summed E-state index contributed by atoms with van der Waals surface area (Å²) in [5.41, 5.74) is 3.74. The quantitative estimate of drug-likeness (QED) is 0.792. The largest absolute Gasteiger partial charge is 0.360 e. The van der Waals surface area contributed by atoms with Gasteiger partial charge in [-0.2, -0.15) is 0 Å². The van der Waals surface area contributed by atoms with Gasteiger partial charge >= 0.3 is 0 Å². The second-order valence-corrected chi connectivity index (χ2v) is 6.98. The highest BCUT2D eigenvalue weighted by atomic mass is 32.2. The van der Waals surface area contributed by atoms with Crippen molar-refractivity contribution in [2.45, 2.75) is 32.6 Å². The number of hydrogen-bond donors (Lipinski definition) is 1. The van der Waals surface area contributed by atoms with Crippen LogP contribution in [0, 0.1) is 27.7 Å². The van der Waals surface area contributed by atoms with Crippen LogP contribution in [0.5, 0.6) is 0 Å². The summed E-state index contributed by atoms with van der Waals surface area (Å²) in [6.07, 6.45) is 0. The van der Waals surface area contributed by atoms with Crippen LogP contribution in [0.4, 0.5) is 5.69 Å². The van der Waals surface area contributed by atoms with Crippen LogP contribution in [0.15, 0.2) is 27.6 Å². The zero-order chi connectivity index (χ0) is 16.8. The Bertz CT molecular complexity index is 989. The average molecular weight is 332 g/mol. The maximum Gasteiger partial charge on any atom is 0.267 e. The van der Waals surface area contributed by atoms with E-state index in [0.717, 1.165) is 11.4 Å². The standard InChI is InChI=1S/C15H16N4O3S/c1-8-9(2)17-14-7-12(5-6-13(14)16-8)19-23(20,21)15-10(3)18-22-11(15)4/h5-7,19H,1-4H3. The minimum absolute atomic E-state index is 0.0590. The molecule has 0 amide bonds. The van der Waals surface area contributed by atoms with Crippen LogP contribution in [-0.2, 0) is 10.0 Å². The lowest BCUT2D eigenvalue weighted by Gasteiger charge is -2.09. The highest BCUT2D eigenvalue weighted by Crippen LogP contribution is 2.24. The van der Waals surface area contributed by atoms with Gasteiger partial charge in [0.05, 0.1) is 28.1 Å². The molecule has 0 spiro atoms. The summed E-state index contributed by atoms with van der Waals surface area (Å²) in [5, 5.41) is 3.68. The summed E-state index contributed by atoms with van der Waals surface area (Å²) >= 11 is 0. The summed E-state index contributed by atoms with van der Waals surface area (Å²) in [5.74, 6) is 0.252. The molecule has 1 N–H and O–H groups in total. The van der Waals surface area contributed by atoms with E-state index in [9.17, 15) is 8.42 Å². The zero-order valence-electron chi connectivity index (χ0n) is 13.2. The van der Waals surface area contributed by atoms with Crippen LogP contribution in [0.2, 0.25) is 0 Å². The lowest BCUT2D eigenvalue weighted by atomic mass is 10.2. The van der Waals surface area contributed by atoms with Gasteiger partial charge in [-0.3, -0.25) is 4.72 Å². The zero-order valence-corrected chi connectivity index (χ0v) is 14.0. The maximum absolute atomic E-state index is 12.5. The Balaban J connectivity index is 2.03. The van der Waals surface area contributed by atoms with Crippen molar-refractivity contribution in [3.63, 3.8) is 0 Å². The molecule has 7 nitrogen and oxygen atoms in total. The van der Waals surface area contributed by atoms with Gasteiger partial charge in [0.1, 0.15) is 5.69 Å². The van der Waals surface area contributed by atoms with Crippen LogP contribution < -0.4 is 4.72 Å². The molecule has 0 atom stereocenters. The lowest BCUT2D eigenvalue weighted by molar-refractivity contribution is 0.390. The van der Waals surface area contributed by atoms with E-state index in [1.54, 1.807) is 32.0 Å². The van der Waals surface area contributed by atoms with Gasteiger partial charge in [-0.25, -0.2) is 18.4 Å². The molecule has 0 aliphatic carbocycles. The van der Waals surface area contributed by atoms with Crippen molar-refractivity contribution in [2.75, 3.05) is 4.72 Å². The fraction of sp³-hybridized carbons (Fsp3) is 0.267. The number of aromatic nitrogens is 3. The molecule has 3 rings (SSSR count). The highest BCUT2D eigenvalue weighted by molar-refractivity contribution is 7.92. The predicted molar refractivity (Wildman–Crippen MR) is 85.8 cm³/mol. The molecule has 0 aliphatic rings. The highest BCUT2D eigenvalue weighted by Gasteiger charge is 2.24. The van der Waals surface area contributed by atoms with Gasteiger partial charge in [-0.15, -0.1) is 0 Å². The molecule has 0 bridgehead atoms. The molecule has 23 heavy (non-hydrogen) atoms. The Morgan fingerprint density at radius 2 is 1.61 bits per heavy atom. The van der Waals surface area contributed by atoms with E-state index in [-0.39, 0.29) is 10.7 Å². The molecule has 1 aromatic carbocycles. The Morgan fingerprint density at radius 1 is 0.957 bits per heavy atom. The number of nitrogens with zero attached hydrogens (tertiary/aromatic N) is 3. The van der Waals surface area contributed by atoms with Crippen molar-refractivity contribution < 1.29 is 12.9 Å². The van der Waals surface area contributed by atoms with Crippen LogP contribution in [-0.4, -0.2) is 23.5 Å². The van der Waals surface area contributed by atoms with Gasteiger partial charge in [0, 0.05) is 0 Å². The number of sulfonamides is 1. The van der Waals surface area contributed by atoms with Crippen molar-refractivity contribution >= 4 is 26.7 Å². The Kier molecular flexibility index (Phi) is 3.56. The SMILES string of the molecule is Cc1nc2ccc(NS(=O)(=O)c3c(C)noc3C)cc2nc1C. The van der Waals surface area contributed by atoms with Gasteiger partial charge in [0.25, 0.3) is 10.0 Å². The lowest BCUT2D eigenvalue weighted by Crippen LogP contribution is -2.14. The molecule has 0 radical (unpaired) electrons. The summed E-state index contributed by atoms with van der Waals surface area (Å²) in [6, 6.07) is 5.05. The first kappa shape index (κ1) is 15.4. The van der Waals surface area contributed by atoms with Gasteiger partial charge in [0.15, 0.2) is 10.7 Å². The number of anilines is 1. The van der Waals surface area contributed by atoms with Crippen molar-refractivity contribution in [2.24, 2.45) is 0 Å². The van der Waals surface area contributed by atoms with Gasteiger partial charge < -0.3 is 4.52 Å². The molecule has 120 valence electrons. The predicted octanol–water partition coefficient (Wildman–Crippen LogP) is 2.65.